The van der Waals surface area contributed by atoms with Gasteiger partial charge in [0.1, 0.15) is 0 Å². The van der Waals surface area contributed by atoms with Crippen LogP contribution in [0.15, 0.2) is 73.1 Å². The van der Waals surface area contributed by atoms with Gasteiger partial charge >= 0.3 is 0 Å². The lowest BCUT2D eigenvalue weighted by Gasteiger charge is -2.22. The van der Waals surface area contributed by atoms with E-state index in [1.165, 1.54) is 11.1 Å². The Morgan fingerprint density at radius 3 is 2.42 bits per heavy atom. The highest BCUT2D eigenvalue weighted by Gasteiger charge is 2.07. The minimum absolute atomic E-state index is 0.761. The molecular formula is C22H27N3O. The predicted molar refractivity (Wildman–Crippen MR) is 105 cm³/mol. The Kier molecular flexibility index (Phi) is 6.99. The van der Waals surface area contributed by atoms with Gasteiger partial charge in [-0.15, -0.1) is 0 Å². The highest BCUT2D eigenvalue weighted by Crippen LogP contribution is 2.12. The van der Waals surface area contributed by atoms with Gasteiger partial charge in [-0.1, -0.05) is 42.5 Å². The molecule has 0 radical (unpaired) electrons. The van der Waals surface area contributed by atoms with Crippen molar-refractivity contribution in [1.82, 2.24) is 14.7 Å². The quantitative estimate of drug-likeness (QED) is 0.555. The van der Waals surface area contributed by atoms with Crippen LogP contribution < -0.4 is 0 Å². The van der Waals surface area contributed by atoms with Gasteiger partial charge in [-0.2, -0.15) is 5.10 Å². The van der Waals surface area contributed by atoms with Gasteiger partial charge in [0.25, 0.3) is 0 Å². The molecule has 0 aliphatic rings. The summed E-state index contributed by atoms with van der Waals surface area (Å²) in [5, 5.41) is 4.28. The first-order valence-electron chi connectivity index (χ1n) is 9.19. The van der Waals surface area contributed by atoms with E-state index in [9.17, 15) is 0 Å². The van der Waals surface area contributed by atoms with Crippen LogP contribution >= 0.6 is 0 Å². The molecule has 0 bridgehead atoms. The summed E-state index contributed by atoms with van der Waals surface area (Å²) in [4.78, 5) is 2.47. The van der Waals surface area contributed by atoms with E-state index in [2.05, 4.69) is 64.6 Å². The van der Waals surface area contributed by atoms with Crippen LogP contribution in [-0.4, -0.2) is 41.5 Å². The second-order valence-corrected chi connectivity index (χ2v) is 6.48. The maximum atomic E-state index is 5.29. The van der Waals surface area contributed by atoms with Gasteiger partial charge < -0.3 is 4.74 Å². The molecule has 0 N–H and O–H groups in total. The molecule has 0 fully saturated rings. The lowest BCUT2D eigenvalue weighted by Crippen LogP contribution is -2.28. The zero-order valence-electron chi connectivity index (χ0n) is 15.4. The molecule has 0 atom stereocenters. The van der Waals surface area contributed by atoms with Gasteiger partial charge in [0.2, 0.25) is 0 Å². The molecule has 4 nitrogen and oxygen atoms in total. The number of hydrogen-bond donors (Lipinski definition) is 0. The highest BCUT2D eigenvalue weighted by molar-refractivity contribution is 5.33. The highest BCUT2D eigenvalue weighted by atomic mass is 16.5. The summed E-state index contributed by atoms with van der Waals surface area (Å²) in [5.74, 6) is 0. The van der Waals surface area contributed by atoms with Crippen LogP contribution in [0.25, 0.3) is 5.69 Å². The third kappa shape index (κ3) is 5.55. The van der Waals surface area contributed by atoms with Crippen LogP contribution in [-0.2, 0) is 17.7 Å². The summed E-state index contributed by atoms with van der Waals surface area (Å²) in [6.45, 7) is 3.72. The topological polar surface area (TPSA) is 30.3 Å². The van der Waals surface area contributed by atoms with E-state index in [4.69, 9.17) is 4.74 Å². The number of aryl methyl sites for hydroxylation is 1. The van der Waals surface area contributed by atoms with E-state index in [-0.39, 0.29) is 0 Å². The number of methoxy groups -OCH3 is 1. The molecule has 4 heteroatoms. The zero-order valence-corrected chi connectivity index (χ0v) is 15.4. The van der Waals surface area contributed by atoms with Gasteiger partial charge in [-0.25, -0.2) is 4.68 Å². The van der Waals surface area contributed by atoms with Crippen molar-refractivity contribution in [3.05, 3.63) is 84.2 Å². The molecule has 0 saturated heterocycles. The average Bonchev–Trinajstić information content (AvgIpc) is 3.22. The van der Waals surface area contributed by atoms with Gasteiger partial charge in [0.05, 0.1) is 12.3 Å². The van der Waals surface area contributed by atoms with E-state index in [1.807, 2.05) is 16.9 Å². The average molecular weight is 349 g/mol. The van der Waals surface area contributed by atoms with Gasteiger partial charge in [0.15, 0.2) is 0 Å². The fourth-order valence-electron chi connectivity index (χ4n) is 3.08. The minimum atomic E-state index is 0.761. The number of nitrogens with zero attached hydrogens (tertiary/aromatic N) is 3. The molecule has 0 spiro atoms. The van der Waals surface area contributed by atoms with E-state index < -0.39 is 0 Å². The molecule has 3 rings (SSSR count). The first-order valence-corrected chi connectivity index (χ1v) is 9.19. The van der Waals surface area contributed by atoms with Gasteiger partial charge in [0, 0.05) is 32.6 Å². The Morgan fingerprint density at radius 1 is 0.923 bits per heavy atom. The zero-order chi connectivity index (χ0) is 18.0. The Balaban J connectivity index is 1.55. The molecule has 0 aliphatic heterocycles. The monoisotopic (exact) mass is 349 g/mol. The van der Waals surface area contributed by atoms with E-state index in [1.54, 1.807) is 13.3 Å². The third-order valence-corrected chi connectivity index (χ3v) is 4.51. The first-order chi connectivity index (χ1) is 12.8. The Labute approximate surface area is 156 Å². The van der Waals surface area contributed by atoms with Crippen molar-refractivity contribution < 1.29 is 4.74 Å². The third-order valence-electron chi connectivity index (χ3n) is 4.51. The molecule has 3 aromatic rings. The molecule has 0 unspecified atom stereocenters. The van der Waals surface area contributed by atoms with Crippen LogP contribution in [0.4, 0.5) is 0 Å². The van der Waals surface area contributed by atoms with Crippen molar-refractivity contribution in [2.75, 3.05) is 26.8 Å². The maximum absolute atomic E-state index is 5.29. The Morgan fingerprint density at radius 2 is 1.73 bits per heavy atom. The van der Waals surface area contributed by atoms with Crippen LogP contribution in [0.5, 0.6) is 0 Å². The normalized spacial score (nSPS) is 11.2. The summed E-state index contributed by atoms with van der Waals surface area (Å²) in [6.07, 6.45) is 6.03. The van der Waals surface area contributed by atoms with E-state index in [0.29, 0.717) is 0 Å². The number of aromatic nitrogens is 2. The SMILES string of the molecule is COCCN(CCCc1ccccc1)Cc1ccc(-n2cccn2)cc1. The standard InChI is InChI=1S/C22H27N3O/c1-26-18-17-24(15-5-9-20-7-3-2-4-8-20)19-21-10-12-22(13-11-21)25-16-6-14-23-25/h2-4,6-8,10-14,16H,5,9,15,17-19H2,1H3. The van der Waals surface area contributed by atoms with Gasteiger partial charge in [-0.05, 0) is 48.7 Å². The molecule has 1 heterocycles. The van der Waals surface area contributed by atoms with E-state index >= 15 is 0 Å². The van der Waals surface area contributed by atoms with E-state index in [0.717, 1.165) is 44.8 Å². The van der Waals surface area contributed by atoms with Crippen molar-refractivity contribution in [2.45, 2.75) is 19.4 Å². The Bertz CT molecular complexity index is 739. The van der Waals surface area contributed by atoms with Crippen LogP contribution in [0.2, 0.25) is 0 Å². The summed E-state index contributed by atoms with van der Waals surface area (Å²) < 4.78 is 7.17. The van der Waals surface area contributed by atoms with Crippen molar-refractivity contribution in [1.29, 1.82) is 0 Å². The number of rotatable bonds is 10. The number of benzene rings is 2. The van der Waals surface area contributed by atoms with Crippen molar-refractivity contribution >= 4 is 0 Å². The molecule has 1 aromatic heterocycles. The fraction of sp³-hybridized carbons (Fsp3) is 0.318. The molecule has 136 valence electrons. The molecular weight excluding hydrogens is 322 g/mol. The van der Waals surface area contributed by atoms with Crippen LogP contribution in [0, 0.1) is 0 Å². The lowest BCUT2D eigenvalue weighted by molar-refractivity contribution is 0.143. The number of ether oxygens (including phenoxy) is 1. The molecule has 0 amide bonds. The minimum Gasteiger partial charge on any atom is -0.383 e. The maximum Gasteiger partial charge on any atom is 0.0645 e. The summed E-state index contributed by atoms with van der Waals surface area (Å²) in [6, 6.07) is 21.3. The molecule has 2 aromatic carbocycles. The summed E-state index contributed by atoms with van der Waals surface area (Å²) in [7, 11) is 1.76. The summed E-state index contributed by atoms with van der Waals surface area (Å²) >= 11 is 0. The van der Waals surface area contributed by atoms with Crippen LogP contribution in [0.3, 0.4) is 0 Å². The smallest absolute Gasteiger partial charge is 0.0645 e. The van der Waals surface area contributed by atoms with Gasteiger partial charge in [-0.3, -0.25) is 4.90 Å². The predicted octanol–water partition coefficient (Wildman–Crippen LogP) is 3.95. The van der Waals surface area contributed by atoms with Crippen LogP contribution in [0.1, 0.15) is 17.5 Å². The molecule has 26 heavy (non-hydrogen) atoms. The number of hydrogen-bond acceptors (Lipinski definition) is 3. The Hall–Kier alpha value is -2.43. The summed E-state index contributed by atoms with van der Waals surface area (Å²) in [5.41, 5.74) is 3.81. The second kappa shape index (κ2) is 9.90. The lowest BCUT2D eigenvalue weighted by atomic mass is 10.1. The van der Waals surface area contributed by atoms with Crippen molar-refractivity contribution in [3.63, 3.8) is 0 Å². The molecule has 0 aliphatic carbocycles. The first kappa shape index (κ1) is 18.4. The molecule has 0 saturated carbocycles. The fourth-order valence-corrected chi connectivity index (χ4v) is 3.08. The second-order valence-electron chi connectivity index (χ2n) is 6.48. The largest absolute Gasteiger partial charge is 0.383 e. The van der Waals surface area contributed by atoms with Crippen molar-refractivity contribution in [3.8, 4) is 5.69 Å². The van der Waals surface area contributed by atoms with Crippen molar-refractivity contribution in [2.24, 2.45) is 0 Å².